The average Bonchev–Trinajstić information content (AvgIpc) is 3.17. The van der Waals surface area contributed by atoms with E-state index in [-0.39, 0.29) is 36.9 Å². The monoisotopic (exact) mass is 667 g/mol. The van der Waals surface area contributed by atoms with Crippen molar-refractivity contribution in [2.45, 2.75) is 44.7 Å². The fraction of sp³-hybridized carbons (Fsp3) is 0.163. The molecule has 0 bridgehead atoms. The summed E-state index contributed by atoms with van der Waals surface area (Å²) in [4.78, 5) is 0. The zero-order chi connectivity index (χ0) is 35.0. The molecule has 0 fully saturated rings. The molecule has 0 amide bonds. The molecule has 1 aliphatic heterocycles. The van der Waals surface area contributed by atoms with Crippen molar-refractivity contribution in [3.8, 4) is 28.7 Å². The Morgan fingerprint density at radius 1 is 0.500 bits per heavy atom. The quantitative estimate of drug-likeness (QED) is 0.128. The van der Waals surface area contributed by atoms with E-state index in [4.69, 9.17) is 25.1 Å². The van der Waals surface area contributed by atoms with Crippen molar-refractivity contribution in [3.63, 3.8) is 0 Å². The van der Waals surface area contributed by atoms with Crippen LogP contribution >= 0.6 is 0 Å². The van der Waals surface area contributed by atoms with Gasteiger partial charge in [-0.25, -0.2) is 0 Å². The Kier molecular flexibility index (Phi) is 9.85. The number of aliphatic hydroxyl groups is 2. The van der Waals surface area contributed by atoms with Crippen LogP contribution in [0.15, 0.2) is 152 Å². The Hall–Kier alpha value is -5.76. The Balaban J connectivity index is 1.21. The molecule has 0 saturated heterocycles. The highest BCUT2D eigenvalue weighted by atomic mass is 16.5. The van der Waals surface area contributed by atoms with Crippen LogP contribution in [-0.2, 0) is 26.4 Å². The van der Waals surface area contributed by atoms with E-state index in [9.17, 15) is 10.2 Å². The molecule has 0 radical (unpaired) electrons. The largest absolute Gasteiger partial charge is 0.489 e. The van der Waals surface area contributed by atoms with E-state index in [1.54, 1.807) is 30.3 Å². The van der Waals surface area contributed by atoms with Gasteiger partial charge in [0.2, 0.25) is 0 Å². The lowest BCUT2D eigenvalue weighted by molar-refractivity contribution is -0.0714. The summed E-state index contributed by atoms with van der Waals surface area (Å²) in [7, 11) is 0. The minimum atomic E-state index is -2.50. The molecule has 0 aromatic heterocycles. The number of benzene rings is 6. The van der Waals surface area contributed by atoms with Crippen LogP contribution in [0.1, 0.15) is 46.9 Å². The molecule has 1 aliphatic rings. The summed E-state index contributed by atoms with van der Waals surface area (Å²) in [5.41, 5.74) is 4.31. The van der Waals surface area contributed by atoms with Crippen molar-refractivity contribution >= 4 is 0 Å². The van der Waals surface area contributed by atoms with E-state index in [1.165, 1.54) is 0 Å². The zero-order valence-electron chi connectivity index (χ0n) is 28.4. The highest BCUT2D eigenvalue weighted by Gasteiger charge is 2.40. The molecule has 252 valence electrons. The van der Waals surface area contributed by atoms with E-state index in [1.807, 2.05) is 121 Å². The van der Waals surface area contributed by atoms with Gasteiger partial charge in [-0.2, -0.15) is 0 Å². The third kappa shape index (κ3) is 7.92. The summed E-state index contributed by atoms with van der Waals surface area (Å²) >= 11 is 0. The van der Waals surface area contributed by atoms with Crippen LogP contribution in [-0.4, -0.2) is 16.3 Å². The maximum Gasteiger partial charge on any atom is 0.162 e. The number of hydrogen-bond donors (Lipinski definition) is 2. The molecule has 0 unspecified atom stereocenters. The first-order valence-corrected chi connectivity index (χ1v) is 16.5. The van der Waals surface area contributed by atoms with Crippen molar-refractivity contribution in [2.75, 3.05) is 0 Å². The molecule has 7 nitrogen and oxygen atoms in total. The molecule has 3 atom stereocenters. The minimum absolute atomic E-state index is 0.0117. The van der Waals surface area contributed by atoms with Crippen molar-refractivity contribution in [3.05, 3.63) is 185 Å². The van der Waals surface area contributed by atoms with Gasteiger partial charge in [0, 0.05) is 12.1 Å². The van der Waals surface area contributed by atoms with Crippen molar-refractivity contribution in [1.29, 1.82) is 0 Å². The topological polar surface area (TPSA) is 86.6 Å². The number of fused-ring (bicyclic) bond motifs is 1. The van der Waals surface area contributed by atoms with Gasteiger partial charge in [-0.1, -0.05) is 127 Å². The SMILES string of the molecule is [2H][C@@]1(O)c2c(OCc3ccccc3)cc(OCc3ccccc3)cc2O[C@@H](c2ccc(OCc3ccccc3)c(OCc3ccccc3)c2)[C@@H]1O. The highest BCUT2D eigenvalue weighted by Crippen LogP contribution is 2.48. The summed E-state index contributed by atoms with van der Waals surface area (Å²) in [6, 6.07) is 47.3. The van der Waals surface area contributed by atoms with Gasteiger partial charge in [-0.3, -0.25) is 0 Å². The zero-order valence-corrected chi connectivity index (χ0v) is 27.4. The van der Waals surface area contributed by atoms with Gasteiger partial charge in [-0.05, 0) is 39.9 Å². The van der Waals surface area contributed by atoms with Gasteiger partial charge in [-0.15, -0.1) is 0 Å². The standard InChI is InChI=1S/C43H38O7/c44-41-40-38(49-29-33-19-11-4-12-20-33)24-35(46-26-30-13-5-1-6-14-30)25-39(40)50-43(42(41)45)34-21-22-36(47-27-31-15-7-2-8-16-31)37(23-34)48-28-32-17-9-3-10-18-32/h1-25,41-45H,26-29H2/t41-,42-,43+/m1/s1/i41D. The van der Waals surface area contributed by atoms with Crippen LogP contribution < -0.4 is 23.7 Å². The molecule has 6 aromatic rings. The van der Waals surface area contributed by atoms with Crippen LogP contribution in [0.3, 0.4) is 0 Å². The van der Waals surface area contributed by atoms with Crippen LogP contribution in [0.5, 0.6) is 28.7 Å². The molecule has 0 saturated carbocycles. The first-order valence-electron chi connectivity index (χ1n) is 17.0. The molecule has 6 aromatic carbocycles. The average molecular weight is 668 g/mol. The highest BCUT2D eigenvalue weighted by molar-refractivity contribution is 5.55. The van der Waals surface area contributed by atoms with Gasteiger partial charge in [0.25, 0.3) is 0 Å². The van der Waals surface area contributed by atoms with Gasteiger partial charge in [0.15, 0.2) is 17.6 Å². The Labute approximate surface area is 293 Å². The molecule has 0 aliphatic carbocycles. The molecule has 2 N–H and O–H groups in total. The normalized spacial score (nSPS) is 18.2. The lowest BCUT2D eigenvalue weighted by Gasteiger charge is -2.36. The fourth-order valence-electron chi connectivity index (χ4n) is 5.73. The Morgan fingerprint density at radius 3 is 1.48 bits per heavy atom. The van der Waals surface area contributed by atoms with Gasteiger partial charge >= 0.3 is 0 Å². The molecular formula is C43H38O7. The summed E-state index contributed by atoms with van der Waals surface area (Å²) in [5, 5.41) is 23.4. The van der Waals surface area contributed by atoms with Gasteiger partial charge < -0.3 is 33.9 Å². The minimum Gasteiger partial charge on any atom is -0.489 e. The van der Waals surface area contributed by atoms with Crippen molar-refractivity contribution in [2.24, 2.45) is 0 Å². The van der Waals surface area contributed by atoms with Crippen LogP contribution in [0.4, 0.5) is 0 Å². The molecule has 7 heteroatoms. The fourth-order valence-corrected chi connectivity index (χ4v) is 5.73. The molecule has 1 heterocycles. The smallest absolute Gasteiger partial charge is 0.162 e. The number of aliphatic hydroxyl groups excluding tert-OH is 1. The van der Waals surface area contributed by atoms with Crippen molar-refractivity contribution < 1.29 is 35.3 Å². The van der Waals surface area contributed by atoms with E-state index in [0.29, 0.717) is 29.4 Å². The first-order chi connectivity index (χ1) is 24.9. The molecule has 7 rings (SSSR count). The van der Waals surface area contributed by atoms with E-state index < -0.39 is 18.3 Å². The van der Waals surface area contributed by atoms with E-state index in [0.717, 1.165) is 22.3 Å². The molecule has 0 spiro atoms. The van der Waals surface area contributed by atoms with Crippen LogP contribution in [0.2, 0.25) is 0 Å². The van der Waals surface area contributed by atoms with Crippen LogP contribution in [0.25, 0.3) is 0 Å². The number of rotatable bonds is 13. The van der Waals surface area contributed by atoms with Crippen molar-refractivity contribution in [1.82, 2.24) is 0 Å². The molecular weight excluding hydrogens is 628 g/mol. The third-order valence-corrected chi connectivity index (χ3v) is 8.37. The second kappa shape index (κ2) is 15.6. The van der Waals surface area contributed by atoms with Crippen LogP contribution in [0, 0.1) is 0 Å². The summed E-state index contributed by atoms with van der Waals surface area (Å²) < 4.78 is 40.4. The number of hydrogen-bond acceptors (Lipinski definition) is 7. The summed E-state index contributed by atoms with van der Waals surface area (Å²) in [6.07, 6.45) is -5.35. The maximum atomic E-state index is 11.7. The predicted molar refractivity (Wildman–Crippen MR) is 190 cm³/mol. The van der Waals surface area contributed by atoms with Gasteiger partial charge in [0.05, 0.1) is 6.93 Å². The summed E-state index contributed by atoms with van der Waals surface area (Å²) in [6.45, 7) is 1.04. The second-order valence-corrected chi connectivity index (χ2v) is 12.0. The lowest BCUT2D eigenvalue weighted by Crippen LogP contribution is -2.34. The maximum absolute atomic E-state index is 11.7. The summed E-state index contributed by atoms with van der Waals surface area (Å²) in [5.74, 6) is 1.68. The predicted octanol–water partition coefficient (Wildman–Crippen LogP) is 8.53. The van der Waals surface area contributed by atoms with E-state index >= 15 is 0 Å². The third-order valence-electron chi connectivity index (χ3n) is 8.37. The number of ether oxygens (including phenoxy) is 5. The lowest BCUT2D eigenvalue weighted by atomic mass is 9.91. The Morgan fingerprint density at radius 2 is 0.960 bits per heavy atom. The second-order valence-electron chi connectivity index (χ2n) is 12.0. The molecule has 50 heavy (non-hydrogen) atoms. The first kappa shape index (κ1) is 31.5. The Bertz CT molecular complexity index is 2020. The van der Waals surface area contributed by atoms with E-state index in [2.05, 4.69) is 0 Å². The van der Waals surface area contributed by atoms with Gasteiger partial charge in [0.1, 0.15) is 55.9 Å².